The maximum Gasteiger partial charge on any atom is 0.232 e. The summed E-state index contributed by atoms with van der Waals surface area (Å²) in [6, 6.07) is 16.7. The molecule has 2 aromatic carbocycles. The summed E-state index contributed by atoms with van der Waals surface area (Å²) in [7, 11) is 1.60. The summed E-state index contributed by atoms with van der Waals surface area (Å²) in [5, 5.41) is 8.83. The number of nitriles is 1. The number of likely N-dealkylation sites (tertiary alicyclic amines) is 1. The highest BCUT2D eigenvalue weighted by molar-refractivity contribution is 7.99. The third-order valence-corrected chi connectivity index (χ3v) is 6.16. The van der Waals surface area contributed by atoms with Crippen LogP contribution in [0, 0.1) is 17.2 Å². The molecule has 150 valence electrons. The Labute approximate surface area is 175 Å². The van der Waals surface area contributed by atoms with Gasteiger partial charge < -0.3 is 9.64 Å². The van der Waals surface area contributed by atoms with Gasteiger partial charge in [0.15, 0.2) is 5.78 Å². The first-order chi connectivity index (χ1) is 14.1. The van der Waals surface area contributed by atoms with Gasteiger partial charge in [-0.15, -0.1) is 11.8 Å². The molecule has 1 amide bonds. The highest BCUT2D eigenvalue weighted by atomic mass is 32.2. The van der Waals surface area contributed by atoms with Crippen LogP contribution in [-0.2, 0) is 10.5 Å². The number of piperidine rings is 1. The molecule has 0 aromatic heterocycles. The summed E-state index contributed by atoms with van der Waals surface area (Å²) in [6.07, 6.45) is 1.41. The molecule has 1 aliphatic heterocycles. The number of Topliss-reactive ketones (excluding diaryl/α,β-unsaturated/α-hetero) is 1. The van der Waals surface area contributed by atoms with Crippen molar-refractivity contribution in [3.63, 3.8) is 0 Å². The third kappa shape index (κ3) is 5.61. The zero-order chi connectivity index (χ0) is 20.6. The van der Waals surface area contributed by atoms with Crippen LogP contribution < -0.4 is 4.74 Å². The molecule has 29 heavy (non-hydrogen) atoms. The minimum Gasteiger partial charge on any atom is -0.497 e. The van der Waals surface area contributed by atoms with Gasteiger partial charge >= 0.3 is 0 Å². The van der Waals surface area contributed by atoms with Crippen LogP contribution in [0.1, 0.15) is 34.3 Å². The maximum atomic E-state index is 12.7. The van der Waals surface area contributed by atoms with Crippen molar-refractivity contribution in [3.8, 4) is 11.8 Å². The van der Waals surface area contributed by atoms with E-state index in [0.29, 0.717) is 42.8 Å². The number of carbonyl (C=O) groups excluding carboxylic acids is 2. The van der Waals surface area contributed by atoms with E-state index in [1.165, 1.54) is 0 Å². The van der Waals surface area contributed by atoms with E-state index in [0.717, 1.165) is 17.1 Å². The molecule has 1 aliphatic rings. The molecule has 1 fully saturated rings. The van der Waals surface area contributed by atoms with Gasteiger partial charge in [-0.05, 0) is 54.8 Å². The van der Waals surface area contributed by atoms with Crippen LogP contribution in [0.15, 0.2) is 48.5 Å². The molecule has 0 atom stereocenters. The van der Waals surface area contributed by atoms with E-state index in [4.69, 9.17) is 10.00 Å². The number of ketones is 1. The Kier molecular flexibility index (Phi) is 7.31. The lowest BCUT2D eigenvalue weighted by Crippen LogP contribution is -2.41. The number of carbonyl (C=O) groups is 2. The van der Waals surface area contributed by atoms with E-state index in [9.17, 15) is 9.59 Å². The number of rotatable bonds is 7. The van der Waals surface area contributed by atoms with Gasteiger partial charge in [-0.2, -0.15) is 5.26 Å². The van der Waals surface area contributed by atoms with Crippen LogP contribution in [0.25, 0.3) is 0 Å². The van der Waals surface area contributed by atoms with Crippen LogP contribution in [0.2, 0.25) is 0 Å². The fourth-order valence-electron chi connectivity index (χ4n) is 3.41. The van der Waals surface area contributed by atoms with E-state index < -0.39 is 0 Å². The molecule has 0 spiro atoms. The van der Waals surface area contributed by atoms with E-state index in [1.54, 1.807) is 55.3 Å². The Balaban J connectivity index is 1.42. The van der Waals surface area contributed by atoms with Gasteiger partial charge in [-0.3, -0.25) is 9.59 Å². The molecule has 3 rings (SSSR count). The highest BCUT2D eigenvalue weighted by Gasteiger charge is 2.27. The third-order valence-electron chi connectivity index (χ3n) is 5.17. The zero-order valence-electron chi connectivity index (χ0n) is 16.5. The van der Waals surface area contributed by atoms with Gasteiger partial charge in [0.1, 0.15) is 5.75 Å². The number of hydrogen-bond acceptors (Lipinski definition) is 5. The molecule has 0 N–H and O–H groups in total. The Hall–Kier alpha value is -2.78. The molecule has 2 aromatic rings. The van der Waals surface area contributed by atoms with E-state index in [2.05, 4.69) is 6.07 Å². The molecule has 6 heteroatoms. The van der Waals surface area contributed by atoms with Gasteiger partial charge in [0, 0.05) is 30.3 Å². The number of benzene rings is 2. The largest absolute Gasteiger partial charge is 0.497 e. The van der Waals surface area contributed by atoms with Crippen molar-refractivity contribution >= 4 is 23.5 Å². The average molecular weight is 409 g/mol. The minimum absolute atomic E-state index is 0.0289. The molecular formula is C23H24N2O3S. The van der Waals surface area contributed by atoms with Crippen LogP contribution >= 0.6 is 11.8 Å². The lowest BCUT2D eigenvalue weighted by molar-refractivity contribution is -0.129. The first kappa shape index (κ1) is 20.9. The topological polar surface area (TPSA) is 70.4 Å². The Bertz CT molecular complexity index is 880. The quantitative estimate of drug-likeness (QED) is 0.650. The van der Waals surface area contributed by atoms with Crippen molar-refractivity contribution in [2.24, 2.45) is 5.92 Å². The second-order valence-electron chi connectivity index (χ2n) is 7.05. The van der Waals surface area contributed by atoms with Crippen molar-refractivity contribution in [3.05, 3.63) is 65.2 Å². The van der Waals surface area contributed by atoms with Gasteiger partial charge in [-0.1, -0.05) is 12.1 Å². The lowest BCUT2D eigenvalue weighted by Gasteiger charge is -2.31. The Morgan fingerprint density at radius 2 is 1.76 bits per heavy atom. The van der Waals surface area contributed by atoms with E-state index in [-0.39, 0.29) is 17.6 Å². The summed E-state index contributed by atoms with van der Waals surface area (Å²) in [5.41, 5.74) is 2.45. The Morgan fingerprint density at radius 1 is 1.10 bits per heavy atom. The predicted octanol–water partition coefficient (Wildman–Crippen LogP) is 3.92. The molecule has 0 bridgehead atoms. The summed E-state index contributed by atoms with van der Waals surface area (Å²) >= 11 is 1.58. The Morgan fingerprint density at radius 3 is 2.34 bits per heavy atom. The molecule has 0 aliphatic carbocycles. The van der Waals surface area contributed by atoms with Gasteiger partial charge in [0.2, 0.25) is 5.91 Å². The number of nitrogens with zero attached hydrogens (tertiary/aromatic N) is 2. The maximum absolute atomic E-state index is 12.7. The standard InChI is InChI=1S/C23H24N2O3S/c1-28-21-8-6-19(7-9-21)23(27)20-10-12-25(13-11-20)22(26)16-29-15-18-4-2-17(14-24)3-5-18/h2-9,20H,10-13,15-16H2,1H3. The van der Waals surface area contributed by atoms with Crippen LogP contribution in [0.3, 0.4) is 0 Å². The molecular weight excluding hydrogens is 384 g/mol. The zero-order valence-corrected chi connectivity index (χ0v) is 17.3. The van der Waals surface area contributed by atoms with Gasteiger partial charge in [0.05, 0.1) is 24.5 Å². The SMILES string of the molecule is COc1ccc(C(=O)C2CCN(C(=O)CSCc3ccc(C#N)cc3)CC2)cc1. The number of methoxy groups -OCH3 is 1. The molecule has 1 saturated heterocycles. The molecule has 0 radical (unpaired) electrons. The predicted molar refractivity (Wildman–Crippen MR) is 114 cm³/mol. The van der Waals surface area contributed by atoms with Crippen molar-refractivity contribution in [1.29, 1.82) is 5.26 Å². The first-order valence-electron chi connectivity index (χ1n) is 9.63. The number of hydrogen-bond donors (Lipinski definition) is 0. The summed E-state index contributed by atoms with van der Waals surface area (Å²) in [4.78, 5) is 27.0. The van der Waals surface area contributed by atoms with Crippen molar-refractivity contribution in [1.82, 2.24) is 4.90 Å². The second kappa shape index (κ2) is 10.1. The van der Waals surface area contributed by atoms with Crippen molar-refractivity contribution in [2.75, 3.05) is 26.0 Å². The number of thioether (sulfide) groups is 1. The fourth-order valence-corrected chi connectivity index (χ4v) is 4.29. The van der Waals surface area contributed by atoms with Crippen LogP contribution in [0.4, 0.5) is 0 Å². The second-order valence-corrected chi connectivity index (χ2v) is 8.03. The summed E-state index contributed by atoms with van der Waals surface area (Å²) < 4.78 is 5.14. The smallest absolute Gasteiger partial charge is 0.232 e. The monoisotopic (exact) mass is 408 g/mol. The van der Waals surface area contributed by atoms with E-state index in [1.807, 2.05) is 17.0 Å². The highest BCUT2D eigenvalue weighted by Crippen LogP contribution is 2.24. The first-order valence-corrected chi connectivity index (χ1v) is 10.8. The molecule has 0 unspecified atom stereocenters. The van der Waals surface area contributed by atoms with Gasteiger partial charge in [0.25, 0.3) is 0 Å². The van der Waals surface area contributed by atoms with Crippen molar-refractivity contribution < 1.29 is 14.3 Å². The molecule has 5 nitrogen and oxygen atoms in total. The van der Waals surface area contributed by atoms with Crippen LogP contribution in [-0.4, -0.2) is 42.5 Å². The lowest BCUT2D eigenvalue weighted by atomic mass is 9.89. The summed E-state index contributed by atoms with van der Waals surface area (Å²) in [6.45, 7) is 1.26. The molecule has 0 saturated carbocycles. The summed E-state index contributed by atoms with van der Waals surface area (Å²) in [5.74, 6) is 2.15. The van der Waals surface area contributed by atoms with Crippen LogP contribution in [0.5, 0.6) is 5.75 Å². The van der Waals surface area contributed by atoms with Crippen molar-refractivity contribution in [2.45, 2.75) is 18.6 Å². The number of ether oxygens (including phenoxy) is 1. The van der Waals surface area contributed by atoms with Gasteiger partial charge in [-0.25, -0.2) is 0 Å². The fraction of sp³-hybridized carbons (Fsp3) is 0.348. The van der Waals surface area contributed by atoms with E-state index >= 15 is 0 Å². The molecule has 1 heterocycles. The minimum atomic E-state index is -0.0289. The average Bonchev–Trinajstić information content (AvgIpc) is 2.79. The number of amides is 1. The normalized spacial score (nSPS) is 14.3.